The molecule has 0 aromatic heterocycles. The summed E-state index contributed by atoms with van der Waals surface area (Å²) in [6.07, 6.45) is 0. The van der Waals surface area contributed by atoms with Crippen LogP contribution in [-0.4, -0.2) is 33.7 Å². The summed E-state index contributed by atoms with van der Waals surface area (Å²) in [5, 5.41) is 7.67. The molecule has 1 heterocycles. The van der Waals surface area contributed by atoms with Crippen LogP contribution in [0.25, 0.3) is 0 Å². The third kappa shape index (κ3) is 3.49. The molecule has 1 atom stereocenters. The number of rotatable bonds is 2. The highest BCUT2D eigenvalue weighted by Crippen LogP contribution is 2.27. The molecule has 17 heavy (non-hydrogen) atoms. The number of halogens is 2. The second kappa shape index (κ2) is 6.45. The van der Waals surface area contributed by atoms with E-state index in [1.807, 2.05) is 20.2 Å². The van der Waals surface area contributed by atoms with Crippen molar-refractivity contribution in [2.45, 2.75) is 6.04 Å². The van der Waals surface area contributed by atoms with E-state index in [-0.39, 0.29) is 12.4 Å². The summed E-state index contributed by atoms with van der Waals surface area (Å²) in [5.41, 5.74) is 2.32. The Labute approximate surface area is 114 Å². The molecule has 1 saturated heterocycles. The van der Waals surface area contributed by atoms with Gasteiger partial charge >= 0.3 is 0 Å². The van der Waals surface area contributed by atoms with Gasteiger partial charge in [-0.1, -0.05) is 17.7 Å². The molecule has 0 bridgehead atoms. The first-order valence-corrected chi connectivity index (χ1v) is 5.97. The molecule has 1 aliphatic rings. The Morgan fingerprint density at radius 3 is 2.59 bits per heavy atom. The largest absolute Gasteiger partial charge is 0.378 e. The minimum atomic E-state index is 0. The summed E-state index contributed by atoms with van der Waals surface area (Å²) in [5.74, 6) is 0. The van der Waals surface area contributed by atoms with E-state index in [9.17, 15) is 0 Å². The average molecular weight is 276 g/mol. The topological polar surface area (TPSA) is 27.3 Å². The standard InChI is InChI=1S/C12H18ClN3.ClH/c1-16(2)9-3-4-10(11(13)7-9)12-8-14-5-6-15-12;/h3-4,7,12,14-15H,5-6,8H2,1-2H3;1H/t12-;/m0./s1. The van der Waals surface area contributed by atoms with Gasteiger partial charge in [0, 0.05) is 50.5 Å². The van der Waals surface area contributed by atoms with Crippen LogP contribution in [0.1, 0.15) is 11.6 Å². The fraction of sp³-hybridized carbons (Fsp3) is 0.500. The van der Waals surface area contributed by atoms with E-state index in [0.717, 1.165) is 30.3 Å². The molecule has 0 unspecified atom stereocenters. The summed E-state index contributed by atoms with van der Waals surface area (Å²) in [6.45, 7) is 2.97. The van der Waals surface area contributed by atoms with Crippen LogP contribution in [0.3, 0.4) is 0 Å². The third-order valence-electron chi connectivity index (χ3n) is 2.92. The van der Waals surface area contributed by atoms with E-state index >= 15 is 0 Å². The van der Waals surface area contributed by atoms with Gasteiger partial charge in [0.05, 0.1) is 0 Å². The van der Waals surface area contributed by atoms with Gasteiger partial charge in [-0.05, 0) is 17.7 Å². The summed E-state index contributed by atoms with van der Waals surface area (Å²) in [6, 6.07) is 6.57. The van der Waals surface area contributed by atoms with E-state index in [0.29, 0.717) is 6.04 Å². The maximum absolute atomic E-state index is 6.31. The summed E-state index contributed by atoms with van der Waals surface area (Å²) in [7, 11) is 4.04. The van der Waals surface area contributed by atoms with Crippen molar-refractivity contribution in [2.24, 2.45) is 0 Å². The Bertz CT molecular complexity index is 363. The highest BCUT2D eigenvalue weighted by molar-refractivity contribution is 6.31. The van der Waals surface area contributed by atoms with Crippen molar-refractivity contribution in [3.05, 3.63) is 28.8 Å². The molecule has 0 aliphatic carbocycles. The number of benzene rings is 1. The van der Waals surface area contributed by atoms with Gasteiger partial charge in [0.15, 0.2) is 0 Å². The summed E-state index contributed by atoms with van der Waals surface area (Å²) < 4.78 is 0. The highest BCUT2D eigenvalue weighted by atomic mass is 35.5. The maximum Gasteiger partial charge on any atom is 0.0474 e. The predicted octanol–water partition coefficient (Wildman–Crippen LogP) is 2.06. The fourth-order valence-electron chi connectivity index (χ4n) is 1.95. The first kappa shape index (κ1) is 14.6. The molecule has 1 fully saturated rings. The van der Waals surface area contributed by atoms with Gasteiger partial charge in [-0.15, -0.1) is 12.4 Å². The first-order chi connectivity index (χ1) is 7.68. The number of piperazine rings is 1. The molecule has 0 radical (unpaired) electrons. The van der Waals surface area contributed by atoms with E-state index in [1.54, 1.807) is 0 Å². The van der Waals surface area contributed by atoms with Crippen molar-refractivity contribution < 1.29 is 0 Å². The molecular formula is C12H19Cl2N3. The van der Waals surface area contributed by atoms with Gasteiger partial charge in [-0.3, -0.25) is 0 Å². The lowest BCUT2D eigenvalue weighted by molar-refractivity contribution is 0.430. The lowest BCUT2D eigenvalue weighted by Gasteiger charge is -2.26. The molecule has 1 aromatic carbocycles. The van der Waals surface area contributed by atoms with Crippen molar-refractivity contribution >= 4 is 29.7 Å². The van der Waals surface area contributed by atoms with Crippen LogP contribution in [0.5, 0.6) is 0 Å². The van der Waals surface area contributed by atoms with Crippen LogP contribution in [0, 0.1) is 0 Å². The Morgan fingerprint density at radius 1 is 1.29 bits per heavy atom. The highest BCUT2D eigenvalue weighted by Gasteiger charge is 2.17. The van der Waals surface area contributed by atoms with Crippen molar-refractivity contribution in [3.63, 3.8) is 0 Å². The van der Waals surface area contributed by atoms with Crippen LogP contribution in [-0.2, 0) is 0 Å². The van der Waals surface area contributed by atoms with Gasteiger partial charge in [-0.2, -0.15) is 0 Å². The summed E-state index contributed by atoms with van der Waals surface area (Å²) >= 11 is 6.31. The van der Waals surface area contributed by atoms with Crippen molar-refractivity contribution in [3.8, 4) is 0 Å². The molecule has 2 N–H and O–H groups in total. The second-order valence-corrected chi connectivity index (χ2v) is 4.72. The average Bonchev–Trinajstić information content (AvgIpc) is 2.30. The van der Waals surface area contributed by atoms with E-state index in [1.165, 1.54) is 5.56 Å². The molecule has 1 aromatic rings. The number of hydrogen-bond donors (Lipinski definition) is 2. The Hall–Kier alpha value is -0.480. The summed E-state index contributed by atoms with van der Waals surface area (Å²) in [4.78, 5) is 2.06. The van der Waals surface area contributed by atoms with Gasteiger partial charge in [0.25, 0.3) is 0 Å². The number of hydrogen-bond acceptors (Lipinski definition) is 3. The zero-order valence-electron chi connectivity index (χ0n) is 10.2. The van der Waals surface area contributed by atoms with Gasteiger partial charge in [0.1, 0.15) is 0 Å². The molecule has 2 rings (SSSR count). The van der Waals surface area contributed by atoms with Crippen LogP contribution >= 0.6 is 24.0 Å². The fourth-order valence-corrected chi connectivity index (χ4v) is 2.26. The number of nitrogens with zero attached hydrogens (tertiary/aromatic N) is 1. The van der Waals surface area contributed by atoms with Crippen LogP contribution < -0.4 is 15.5 Å². The molecule has 1 aliphatic heterocycles. The molecular weight excluding hydrogens is 257 g/mol. The normalized spacial score (nSPS) is 19.6. The van der Waals surface area contributed by atoms with E-state index in [4.69, 9.17) is 11.6 Å². The van der Waals surface area contributed by atoms with E-state index < -0.39 is 0 Å². The maximum atomic E-state index is 6.31. The minimum Gasteiger partial charge on any atom is -0.378 e. The molecule has 0 saturated carbocycles. The van der Waals surface area contributed by atoms with Crippen LogP contribution in [0.2, 0.25) is 5.02 Å². The van der Waals surface area contributed by atoms with Gasteiger partial charge in [0.2, 0.25) is 0 Å². The SMILES string of the molecule is CN(C)c1ccc([C@@H]2CNCCN2)c(Cl)c1.Cl. The third-order valence-corrected chi connectivity index (χ3v) is 3.24. The lowest BCUT2D eigenvalue weighted by atomic mass is 10.0. The van der Waals surface area contributed by atoms with Crippen molar-refractivity contribution in [1.29, 1.82) is 0 Å². The zero-order chi connectivity index (χ0) is 11.5. The number of nitrogens with one attached hydrogen (secondary N) is 2. The molecule has 0 amide bonds. The Balaban J connectivity index is 0.00000144. The van der Waals surface area contributed by atoms with Crippen LogP contribution in [0.15, 0.2) is 18.2 Å². The second-order valence-electron chi connectivity index (χ2n) is 4.31. The first-order valence-electron chi connectivity index (χ1n) is 5.59. The zero-order valence-corrected chi connectivity index (χ0v) is 11.7. The molecule has 0 spiro atoms. The molecule has 96 valence electrons. The predicted molar refractivity (Wildman–Crippen MR) is 76.6 cm³/mol. The monoisotopic (exact) mass is 275 g/mol. The number of anilines is 1. The van der Waals surface area contributed by atoms with E-state index in [2.05, 4.69) is 27.7 Å². The molecule has 3 nitrogen and oxygen atoms in total. The quantitative estimate of drug-likeness (QED) is 0.866. The van der Waals surface area contributed by atoms with Gasteiger partial charge in [-0.25, -0.2) is 0 Å². The molecule has 5 heteroatoms. The Morgan fingerprint density at radius 2 is 2.06 bits per heavy atom. The van der Waals surface area contributed by atoms with Gasteiger partial charge < -0.3 is 15.5 Å². The van der Waals surface area contributed by atoms with Crippen LogP contribution in [0.4, 0.5) is 5.69 Å². The minimum absolute atomic E-state index is 0. The van der Waals surface area contributed by atoms with Crippen molar-refractivity contribution in [2.75, 3.05) is 38.6 Å². The smallest absolute Gasteiger partial charge is 0.0474 e. The Kier molecular flexibility index (Phi) is 5.53. The van der Waals surface area contributed by atoms with Crippen molar-refractivity contribution in [1.82, 2.24) is 10.6 Å². The lowest BCUT2D eigenvalue weighted by Crippen LogP contribution is -2.42.